The number of H-pyrrole nitrogens is 4. The topological polar surface area (TPSA) is 229 Å². The van der Waals surface area contributed by atoms with Gasteiger partial charge >= 0.3 is 23.9 Å². The van der Waals surface area contributed by atoms with Gasteiger partial charge in [0.05, 0.1) is 86.2 Å². The van der Waals surface area contributed by atoms with Crippen LogP contribution < -0.4 is 0 Å². The Balaban J connectivity index is 1.18. The van der Waals surface area contributed by atoms with Crippen LogP contribution in [0.5, 0.6) is 0 Å². The number of nitrogens with zero attached hydrogens (tertiary/aromatic N) is 4. The minimum Gasteiger partial charge on any atom is -0.469 e. The second kappa shape index (κ2) is 25.7. The smallest absolute Gasteiger partial charge is 0.305 e. The van der Waals surface area contributed by atoms with Crippen molar-refractivity contribution in [3.8, 4) is 0 Å². The molecule has 4 aliphatic heterocycles. The monoisotopic (exact) mass is 1200 g/mol. The largest absolute Gasteiger partial charge is 0.469 e. The van der Waals surface area contributed by atoms with Crippen LogP contribution in [0.2, 0.25) is 0 Å². The number of aryl methyl sites for hydroxylation is 4. The van der Waals surface area contributed by atoms with Crippen LogP contribution in [-0.2, 0) is 42.9 Å². The lowest BCUT2D eigenvalue weighted by Crippen LogP contribution is -2.06. The van der Waals surface area contributed by atoms with Gasteiger partial charge in [-0.25, -0.2) is 19.9 Å². The number of carbonyl (C=O) groups excluding carboxylic acids is 4. The van der Waals surface area contributed by atoms with Crippen molar-refractivity contribution in [1.82, 2.24) is 39.9 Å². The summed E-state index contributed by atoms with van der Waals surface area (Å²) in [6.07, 6.45) is 4.89. The van der Waals surface area contributed by atoms with Gasteiger partial charge in [0.1, 0.15) is 0 Å². The summed E-state index contributed by atoms with van der Waals surface area (Å²) in [5.41, 5.74) is 27.2. The van der Waals surface area contributed by atoms with Crippen molar-refractivity contribution in [2.24, 2.45) is 0 Å². The summed E-state index contributed by atoms with van der Waals surface area (Å²) in [5.74, 6) is -1.31. The van der Waals surface area contributed by atoms with Crippen LogP contribution in [0.1, 0.15) is 195 Å². The molecule has 2 unspecified atom stereocenters. The first-order valence-electron chi connectivity index (χ1n) is 30.1. The van der Waals surface area contributed by atoms with Crippen molar-refractivity contribution >= 4 is 125 Å². The van der Waals surface area contributed by atoms with Gasteiger partial charge in [0.25, 0.3) is 0 Å². The SMILES string of the molecule is C=Cc1c(C)c2cc3[nH]c(cc4nc(cc5nc(cc1[nH]2)C(C)=C5CCC(=O)OC)C(CCC(=O)OC)=C4C)c(C)c3C(C)OC(C)c1c(C)c2cc3[nH]c(cc4nc(cc5nc(cc1[nH]2)C(C)=C5CCC(=O)OC)C(CCC(=O)OC)=C4C)c(C)c3C=C. The molecule has 10 rings (SSSR count). The maximum atomic E-state index is 12.8. The molecule has 10 heterocycles. The summed E-state index contributed by atoms with van der Waals surface area (Å²) in [7, 11) is 5.56. The number of carbonyl (C=O) groups is 4. The third kappa shape index (κ3) is 12.2. The van der Waals surface area contributed by atoms with Crippen LogP contribution >= 0.6 is 0 Å². The van der Waals surface area contributed by atoms with E-state index in [1.807, 2.05) is 64.1 Å². The number of esters is 4. The summed E-state index contributed by atoms with van der Waals surface area (Å²) in [6, 6.07) is 16.4. The van der Waals surface area contributed by atoms with Crippen LogP contribution in [-0.4, -0.2) is 92.2 Å². The Morgan fingerprint density at radius 2 is 0.640 bits per heavy atom. The number of aromatic amines is 4. The molecule has 4 aliphatic rings. The van der Waals surface area contributed by atoms with Crippen molar-refractivity contribution in [3.05, 3.63) is 152 Å². The van der Waals surface area contributed by atoms with E-state index in [2.05, 4.69) is 98.9 Å². The molecule has 460 valence electrons. The van der Waals surface area contributed by atoms with E-state index in [4.69, 9.17) is 43.6 Å². The molecule has 0 aliphatic carbocycles. The summed E-state index contributed by atoms with van der Waals surface area (Å²) in [5, 5.41) is 0. The number of ether oxygens (including phenoxy) is 5. The first kappa shape index (κ1) is 62.6. The number of rotatable bonds is 18. The zero-order chi connectivity index (χ0) is 63.9. The fraction of sp³-hybridized carbons (Fsp3) is 0.333. The van der Waals surface area contributed by atoms with Crippen LogP contribution in [0.25, 0.3) is 101 Å². The van der Waals surface area contributed by atoms with E-state index in [0.717, 1.165) is 150 Å². The Hall–Kier alpha value is -9.48. The van der Waals surface area contributed by atoms with Gasteiger partial charge in [-0.1, -0.05) is 25.3 Å². The van der Waals surface area contributed by atoms with Crippen molar-refractivity contribution in [2.45, 2.75) is 133 Å². The Morgan fingerprint density at radius 3 is 0.978 bits per heavy atom. The van der Waals surface area contributed by atoms with Crippen LogP contribution in [0.15, 0.2) is 61.7 Å². The summed E-state index contributed by atoms with van der Waals surface area (Å²) in [4.78, 5) is 86.7. The quantitative estimate of drug-likeness (QED) is 0.0464. The maximum Gasteiger partial charge on any atom is 0.305 e. The van der Waals surface area contributed by atoms with E-state index in [1.165, 1.54) is 28.4 Å². The Morgan fingerprint density at radius 1 is 0.382 bits per heavy atom. The van der Waals surface area contributed by atoms with Crippen molar-refractivity contribution in [1.29, 1.82) is 0 Å². The molecule has 0 saturated carbocycles. The molecule has 2 atom stereocenters. The fourth-order valence-corrected chi connectivity index (χ4v) is 12.9. The molecule has 0 spiro atoms. The van der Waals surface area contributed by atoms with Crippen molar-refractivity contribution < 1.29 is 42.9 Å². The molecule has 6 aromatic heterocycles. The predicted molar refractivity (Wildman–Crippen MR) is 354 cm³/mol. The van der Waals surface area contributed by atoms with Gasteiger partial charge < -0.3 is 43.6 Å². The highest BCUT2D eigenvalue weighted by Gasteiger charge is 2.28. The standard InChI is InChI=1S/C72H78N8O9/c1-17-45-35(3)51-27-52-37(5)47(19-23-67(81)85-13)61(75-52)34-64-50(22-26-70(84)88-16)40(8)56(78-64)32-66-72(42(10)58(80-66)30-60(45)73-51)44(12)89-43(11)71-41(9)57-28-53-38(6)48(20-24-68(82)86-14)62(76-53)33-63-49(21-25-69(83)87-15)39(7)54(77-63)29-59-46(18-2)36(4)55(74-59)31-65(71)79-57/h17-18,27-34,43-44,73-74,79-80H,1-2,19-26H2,3-16H3. The Labute approximate surface area is 518 Å². The van der Waals surface area contributed by atoms with Gasteiger partial charge in [-0.2, -0.15) is 0 Å². The number of nitrogens with one attached hydrogen (secondary N) is 4. The van der Waals surface area contributed by atoms with Gasteiger partial charge in [0.15, 0.2) is 0 Å². The molecule has 0 aromatic carbocycles. The number of hydrogen-bond donors (Lipinski definition) is 4. The fourth-order valence-electron chi connectivity index (χ4n) is 12.9. The molecule has 16 bridgehead atoms. The summed E-state index contributed by atoms with van der Waals surface area (Å²) < 4.78 is 27.7. The first-order valence-corrected chi connectivity index (χ1v) is 30.1. The normalized spacial score (nSPS) is 13.9. The number of methoxy groups -OCH3 is 4. The van der Waals surface area contributed by atoms with Gasteiger partial charge in [-0.15, -0.1) is 0 Å². The van der Waals surface area contributed by atoms with Gasteiger partial charge in [-0.3, -0.25) is 19.2 Å². The highest BCUT2D eigenvalue weighted by molar-refractivity contribution is 5.99. The van der Waals surface area contributed by atoms with Crippen molar-refractivity contribution in [3.63, 3.8) is 0 Å². The average Bonchev–Trinajstić information content (AvgIpc) is 1.75. The molecule has 0 amide bonds. The van der Waals surface area contributed by atoms with Gasteiger partial charge in [0.2, 0.25) is 0 Å². The molecule has 17 nitrogen and oxygen atoms in total. The number of allylic oxidation sites excluding steroid dienone is 8. The lowest BCUT2D eigenvalue weighted by molar-refractivity contribution is -0.141. The van der Waals surface area contributed by atoms with E-state index >= 15 is 0 Å². The predicted octanol–water partition coefficient (Wildman–Crippen LogP) is 15.8. The minimum atomic E-state index is -0.508. The van der Waals surface area contributed by atoms with Crippen LogP contribution in [0.3, 0.4) is 0 Å². The summed E-state index contributed by atoms with van der Waals surface area (Å²) >= 11 is 0. The average molecular weight is 1200 g/mol. The second-order valence-corrected chi connectivity index (χ2v) is 23.2. The number of fused-ring (bicyclic) bond motifs is 16. The van der Waals surface area contributed by atoms with E-state index in [9.17, 15) is 19.2 Å². The minimum absolute atomic E-state index is 0.143. The number of aromatic nitrogens is 8. The van der Waals surface area contributed by atoms with E-state index < -0.39 is 12.2 Å². The van der Waals surface area contributed by atoms with Crippen LogP contribution in [0, 0.1) is 27.7 Å². The van der Waals surface area contributed by atoms with Gasteiger partial charge in [0, 0.05) is 92.1 Å². The first-order chi connectivity index (χ1) is 42.6. The highest BCUT2D eigenvalue weighted by atomic mass is 16.5. The molecule has 89 heavy (non-hydrogen) atoms. The summed E-state index contributed by atoms with van der Waals surface area (Å²) in [6.45, 7) is 29.1. The van der Waals surface area contributed by atoms with Crippen LogP contribution in [0.4, 0.5) is 0 Å². The molecular weight excluding hydrogens is 1120 g/mol. The zero-order valence-electron chi connectivity index (χ0n) is 53.5. The molecule has 4 N–H and O–H groups in total. The van der Waals surface area contributed by atoms with E-state index in [1.54, 1.807) is 0 Å². The number of hydrogen-bond acceptors (Lipinski definition) is 13. The zero-order valence-corrected chi connectivity index (χ0v) is 53.5. The van der Waals surface area contributed by atoms with Gasteiger partial charge in [-0.05, 0) is 210 Å². The Bertz CT molecular complexity index is 4490. The lowest BCUT2D eigenvalue weighted by atomic mass is 9.98. The molecule has 0 fully saturated rings. The molecule has 0 saturated heterocycles. The highest BCUT2D eigenvalue weighted by Crippen LogP contribution is 2.43. The van der Waals surface area contributed by atoms with E-state index in [-0.39, 0.29) is 49.6 Å². The third-order valence-corrected chi connectivity index (χ3v) is 18.1. The lowest BCUT2D eigenvalue weighted by Gasteiger charge is -2.20. The third-order valence-electron chi connectivity index (χ3n) is 18.1. The van der Waals surface area contributed by atoms with Crippen molar-refractivity contribution in [2.75, 3.05) is 28.4 Å². The Kier molecular flexibility index (Phi) is 18.1. The second-order valence-electron chi connectivity index (χ2n) is 23.2. The molecule has 6 aromatic rings. The maximum absolute atomic E-state index is 12.8. The molecule has 17 heteroatoms. The molecular formula is C72H78N8O9. The molecule has 0 radical (unpaired) electrons. The van der Waals surface area contributed by atoms with E-state index in [0.29, 0.717) is 54.2 Å².